The van der Waals surface area contributed by atoms with E-state index in [9.17, 15) is 9.59 Å². The van der Waals surface area contributed by atoms with E-state index in [-0.39, 0.29) is 16.8 Å². The lowest BCUT2D eigenvalue weighted by Gasteiger charge is -2.15. The van der Waals surface area contributed by atoms with Crippen molar-refractivity contribution in [2.24, 2.45) is 0 Å². The molecule has 4 nitrogen and oxygen atoms in total. The van der Waals surface area contributed by atoms with Crippen molar-refractivity contribution < 1.29 is 19.4 Å². The Hall–Kier alpha value is -1.49. The molecule has 0 saturated carbocycles. The molecule has 0 fully saturated rings. The molecule has 0 radical (unpaired) electrons. The van der Waals surface area contributed by atoms with Gasteiger partial charge in [0, 0.05) is 4.90 Å². The normalized spacial score (nSPS) is 11.9. The molecule has 0 aliphatic rings. The smallest absolute Gasteiger partial charge is 0.335 e. The first-order valence-corrected chi connectivity index (χ1v) is 7.54. The van der Waals surface area contributed by atoms with Crippen molar-refractivity contribution in [2.45, 2.75) is 43.8 Å². The molecule has 1 atom stereocenters. The van der Waals surface area contributed by atoms with E-state index < -0.39 is 5.97 Å². The van der Waals surface area contributed by atoms with E-state index in [4.69, 9.17) is 9.84 Å². The zero-order valence-electron chi connectivity index (χ0n) is 12.0. The van der Waals surface area contributed by atoms with E-state index in [1.54, 1.807) is 18.2 Å². The molecule has 1 aromatic rings. The topological polar surface area (TPSA) is 63.6 Å². The van der Waals surface area contributed by atoms with Gasteiger partial charge in [0.25, 0.3) is 0 Å². The molecule has 0 aliphatic heterocycles. The van der Waals surface area contributed by atoms with E-state index in [2.05, 4.69) is 0 Å². The first kappa shape index (κ1) is 16.6. The van der Waals surface area contributed by atoms with Gasteiger partial charge in [-0.15, -0.1) is 11.8 Å². The predicted molar refractivity (Wildman–Crippen MR) is 79.3 cm³/mol. The molecule has 0 saturated heterocycles. The van der Waals surface area contributed by atoms with Crippen LogP contribution in [0.2, 0.25) is 0 Å². The summed E-state index contributed by atoms with van der Waals surface area (Å²) in [6.45, 7) is 6.19. The number of hydrogen-bond donors (Lipinski definition) is 1. The fourth-order valence-corrected chi connectivity index (χ4v) is 2.69. The minimum atomic E-state index is -0.964. The van der Waals surface area contributed by atoms with E-state index in [1.165, 1.54) is 11.8 Å². The summed E-state index contributed by atoms with van der Waals surface area (Å²) in [7, 11) is 0. The van der Waals surface area contributed by atoms with Gasteiger partial charge >= 0.3 is 11.9 Å². The molecule has 110 valence electrons. The van der Waals surface area contributed by atoms with Gasteiger partial charge in [-0.25, -0.2) is 4.79 Å². The van der Waals surface area contributed by atoms with Crippen molar-refractivity contribution in [1.29, 1.82) is 0 Å². The number of carbonyl (C=O) groups excluding carboxylic acids is 1. The standard InChI is InChI=1S/C15H20O4S/c1-4-8-19-15(18)12(5-2)20-13-9-11(14(16)17)7-6-10(13)3/h6-7,9,12H,4-5,8H2,1-3H3,(H,16,17). The Balaban J connectivity index is 2.86. The monoisotopic (exact) mass is 296 g/mol. The summed E-state index contributed by atoms with van der Waals surface area (Å²) >= 11 is 1.37. The van der Waals surface area contributed by atoms with Crippen LogP contribution in [0.1, 0.15) is 42.6 Å². The van der Waals surface area contributed by atoms with Gasteiger partial charge in [0.05, 0.1) is 12.2 Å². The minimum absolute atomic E-state index is 0.231. The fourth-order valence-electron chi connectivity index (χ4n) is 1.61. The second kappa shape index (κ2) is 7.94. The van der Waals surface area contributed by atoms with Gasteiger partial charge in [-0.05, 0) is 37.5 Å². The van der Waals surface area contributed by atoms with Gasteiger partial charge in [0.15, 0.2) is 0 Å². The number of hydrogen-bond acceptors (Lipinski definition) is 4. The van der Waals surface area contributed by atoms with Gasteiger partial charge in [0.1, 0.15) is 5.25 Å². The molecule has 0 amide bonds. The predicted octanol–water partition coefficient (Wildman–Crippen LogP) is 3.52. The highest BCUT2D eigenvalue weighted by Gasteiger charge is 2.20. The summed E-state index contributed by atoms with van der Waals surface area (Å²) in [6, 6.07) is 4.94. The maximum absolute atomic E-state index is 11.9. The van der Waals surface area contributed by atoms with Crippen molar-refractivity contribution in [2.75, 3.05) is 6.61 Å². The van der Waals surface area contributed by atoms with Crippen LogP contribution in [0.15, 0.2) is 23.1 Å². The van der Waals surface area contributed by atoms with Crippen LogP contribution in [0, 0.1) is 6.92 Å². The third-order valence-electron chi connectivity index (χ3n) is 2.79. The number of aromatic carboxylic acids is 1. The molecule has 0 aliphatic carbocycles. The highest BCUT2D eigenvalue weighted by atomic mass is 32.2. The third kappa shape index (κ3) is 4.56. The van der Waals surface area contributed by atoms with Gasteiger partial charge in [0.2, 0.25) is 0 Å². The number of carboxylic acid groups (broad SMARTS) is 1. The Kier molecular flexibility index (Phi) is 6.58. The number of thioether (sulfide) groups is 1. The lowest BCUT2D eigenvalue weighted by molar-refractivity contribution is -0.143. The Bertz CT molecular complexity index is 485. The molecule has 1 rings (SSSR count). The lowest BCUT2D eigenvalue weighted by atomic mass is 10.1. The van der Waals surface area contributed by atoms with Crippen molar-refractivity contribution in [3.05, 3.63) is 29.3 Å². The molecule has 5 heteroatoms. The van der Waals surface area contributed by atoms with Crippen molar-refractivity contribution >= 4 is 23.7 Å². The van der Waals surface area contributed by atoms with Crippen molar-refractivity contribution in [1.82, 2.24) is 0 Å². The minimum Gasteiger partial charge on any atom is -0.478 e. The highest BCUT2D eigenvalue weighted by Crippen LogP contribution is 2.30. The number of carbonyl (C=O) groups is 2. The number of rotatable bonds is 7. The van der Waals surface area contributed by atoms with E-state index >= 15 is 0 Å². The van der Waals surface area contributed by atoms with Crippen LogP contribution in [0.4, 0.5) is 0 Å². The van der Waals surface area contributed by atoms with Gasteiger partial charge in [-0.1, -0.05) is 19.9 Å². The Morgan fingerprint density at radius 2 is 2.05 bits per heavy atom. The maximum Gasteiger partial charge on any atom is 0.335 e. The first-order valence-electron chi connectivity index (χ1n) is 6.66. The molecule has 1 N–H and O–H groups in total. The zero-order valence-corrected chi connectivity index (χ0v) is 12.8. The van der Waals surface area contributed by atoms with Crippen molar-refractivity contribution in [3.63, 3.8) is 0 Å². The molecule has 1 aromatic carbocycles. The van der Waals surface area contributed by atoms with Crippen LogP contribution < -0.4 is 0 Å². The summed E-state index contributed by atoms with van der Waals surface area (Å²) in [6.07, 6.45) is 1.43. The summed E-state index contributed by atoms with van der Waals surface area (Å²) < 4.78 is 5.16. The Morgan fingerprint density at radius 3 is 2.60 bits per heavy atom. The van der Waals surface area contributed by atoms with Crippen LogP contribution in [0.25, 0.3) is 0 Å². The molecule has 0 spiro atoms. The largest absolute Gasteiger partial charge is 0.478 e. The molecular formula is C15H20O4S. The summed E-state index contributed by atoms with van der Waals surface area (Å²) in [5.74, 6) is -1.20. The van der Waals surface area contributed by atoms with Crippen LogP contribution in [0.3, 0.4) is 0 Å². The highest BCUT2D eigenvalue weighted by molar-refractivity contribution is 8.00. The van der Waals surface area contributed by atoms with Gasteiger partial charge < -0.3 is 9.84 Å². The van der Waals surface area contributed by atoms with Crippen LogP contribution in [-0.2, 0) is 9.53 Å². The summed E-state index contributed by atoms with van der Waals surface area (Å²) in [5.41, 5.74) is 1.19. The van der Waals surface area contributed by atoms with Gasteiger partial charge in [-0.2, -0.15) is 0 Å². The Labute approximate surface area is 123 Å². The molecular weight excluding hydrogens is 276 g/mol. The molecule has 1 unspecified atom stereocenters. The zero-order chi connectivity index (χ0) is 15.1. The van der Waals surface area contributed by atoms with Crippen LogP contribution in [0.5, 0.6) is 0 Å². The average molecular weight is 296 g/mol. The van der Waals surface area contributed by atoms with Crippen LogP contribution in [-0.4, -0.2) is 28.9 Å². The lowest BCUT2D eigenvalue weighted by Crippen LogP contribution is -2.20. The second-order valence-corrected chi connectivity index (χ2v) is 5.71. The molecule has 0 aromatic heterocycles. The maximum atomic E-state index is 11.9. The summed E-state index contributed by atoms with van der Waals surface area (Å²) in [4.78, 5) is 23.7. The number of esters is 1. The third-order valence-corrected chi connectivity index (χ3v) is 4.29. The summed E-state index contributed by atoms with van der Waals surface area (Å²) in [5, 5.41) is 8.71. The van der Waals surface area contributed by atoms with Gasteiger partial charge in [-0.3, -0.25) is 4.79 Å². The van der Waals surface area contributed by atoms with E-state index in [0.29, 0.717) is 13.0 Å². The first-order chi connectivity index (χ1) is 9.49. The SMILES string of the molecule is CCCOC(=O)C(CC)Sc1cc(C(=O)O)ccc1C. The Morgan fingerprint density at radius 1 is 1.35 bits per heavy atom. The second-order valence-electron chi connectivity index (χ2n) is 4.47. The van der Waals surface area contributed by atoms with Crippen molar-refractivity contribution in [3.8, 4) is 0 Å². The number of carboxylic acids is 1. The van der Waals surface area contributed by atoms with Crippen LogP contribution >= 0.6 is 11.8 Å². The average Bonchev–Trinajstić information content (AvgIpc) is 2.43. The number of aryl methyl sites for hydroxylation is 1. The van der Waals surface area contributed by atoms with E-state index in [1.807, 2.05) is 20.8 Å². The molecule has 0 bridgehead atoms. The quantitative estimate of drug-likeness (QED) is 0.616. The van der Waals surface area contributed by atoms with E-state index in [0.717, 1.165) is 16.9 Å². The number of ether oxygens (including phenoxy) is 1. The molecule has 20 heavy (non-hydrogen) atoms. The number of benzene rings is 1. The fraction of sp³-hybridized carbons (Fsp3) is 0.467. The molecule has 0 heterocycles.